The number of ether oxygens (including phenoxy) is 2. The number of methoxy groups -OCH3 is 1. The molecular weight excluding hydrogens is 426 g/mol. The van der Waals surface area contributed by atoms with Crippen LogP contribution in [-0.4, -0.2) is 66.6 Å². The highest BCUT2D eigenvalue weighted by atomic mass is 32.2. The van der Waals surface area contributed by atoms with Gasteiger partial charge in [0.05, 0.1) is 31.4 Å². The second-order valence-corrected chi connectivity index (χ2v) is 9.95. The van der Waals surface area contributed by atoms with Crippen LogP contribution in [0.15, 0.2) is 28.4 Å². The lowest BCUT2D eigenvalue weighted by Crippen LogP contribution is -2.41. The molecule has 1 N–H and O–H groups in total. The molecule has 9 heteroatoms. The zero-order valence-corrected chi connectivity index (χ0v) is 19.4. The van der Waals surface area contributed by atoms with Crippen molar-refractivity contribution < 1.29 is 14.6 Å². The number of hydrogen-bond donors (Lipinski definition) is 1. The van der Waals surface area contributed by atoms with E-state index >= 15 is 0 Å². The van der Waals surface area contributed by atoms with Crippen molar-refractivity contribution in [2.45, 2.75) is 48.6 Å². The smallest absolute Gasteiger partial charge is 0.175 e. The maximum atomic E-state index is 10.0. The van der Waals surface area contributed by atoms with Crippen LogP contribution in [0.3, 0.4) is 0 Å². The number of aliphatic hydroxyl groups is 1. The van der Waals surface area contributed by atoms with Crippen molar-refractivity contribution in [3.05, 3.63) is 24.2 Å². The van der Waals surface area contributed by atoms with Crippen LogP contribution < -0.4 is 14.5 Å². The van der Waals surface area contributed by atoms with E-state index in [9.17, 15) is 5.11 Å². The SMILES string of the molecule is COc1c(Sc2cnc(N3CCC4(CCOC4)CC3)c(CO)n2)ccnc1N1CCCC1. The molecule has 0 saturated carbocycles. The summed E-state index contributed by atoms with van der Waals surface area (Å²) in [5.74, 6) is 2.46. The van der Waals surface area contributed by atoms with Gasteiger partial charge in [-0.2, -0.15) is 0 Å². The number of hydrogen-bond acceptors (Lipinski definition) is 9. The molecule has 2 aromatic heterocycles. The van der Waals surface area contributed by atoms with Gasteiger partial charge in [0, 0.05) is 39.0 Å². The van der Waals surface area contributed by atoms with Crippen LogP contribution >= 0.6 is 11.8 Å². The average Bonchev–Trinajstić information content (AvgIpc) is 3.52. The molecule has 0 aliphatic carbocycles. The van der Waals surface area contributed by atoms with E-state index < -0.39 is 0 Å². The third-order valence-electron chi connectivity index (χ3n) is 6.93. The van der Waals surface area contributed by atoms with Gasteiger partial charge in [-0.3, -0.25) is 0 Å². The lowest BCUT2D eigenvalue weighted by molar-refractivity contribution is 0.133. The second-order valence-electron chi connectivity index (χ2n) is 8.89. The van der Waals surface area contributed by atoms with E-state index in [4.69, 9.17) is 19.4 Å². The number of rotatable bonds is 6. The van der Waals surface area contributed by atoms with Crippen LogP contribution in [0, 0.1) is 5.41 Å². The highest BCUT2D eigenvalue weighted by Crippen LogP contribution is 2.42. The third kappa shape index (κ3) is 4.25. The molecule has 3 aliphatic heterocycles. The van der Waals surface area contributed by atoms with E-state index in [1.807, 2.05) is 12.3 Å². The summed E-state index contributed by atoms with van der Waals surface area (Å²) in [6.45, 7) is 5.49. The standard InChI is InChI=1S/C23H31N5O3S/c1-30-20-18(4-8-24-22(20)27-9-2-3-10-27)32-19-14-25-21(17(15-29)26-19)28-11-5-23(6-12-28)7-13-31-16-23/h4,8,14,29H,2-3,5-7,9-13,15-16H2,1H3. The second kappa shape index (κ2) is 9.41. The summed E-state index contributed by atoms with van der Waals surface area (Å²) in [6, 6.07) is 1.95. The molecule has 8 nitrogen and oxygen atoms in total. The Kier molecular flexibility index (Phi) is 6.39. The summed E-state index contributed by atoms with van der Waals surface area (Å²) in [4.78, 5) is 19.5. The molecule has 5 heterocycles. The largest absolute Gasteiger partial charge is 0.492 e. The van der Waals surface area contributed by atoms with Gasteiger partial charge >= 0.3 is 0 Å². The highest BCUT2D eigenvalue weighted by Gasteiger charge is 2.38. The van der Waals surface area contributed by atoms with Crippen molar-refractivity contribution in [3.63, 3.8) is 0 Å². The van der Waals surface area contributed by atoms with Crippen molar-refractivity contribution in [3.8, 4) is 5.75 Å². The predicted molar refractivity (Wildman–Crippen MR) is 124 cm³/mol. The van der Waals surface area contributed by atoms with Gasteiger partial charge in [-0.15, -0.1) is 0 Å². The fourth-order valence-corrected chi connectivity index (χ4v) is 5.90. The van der Waals surface area contributed by atoms with E-state index in [0.29, 0.717) is 11.1 Å². The monoisotopic (exact) mass is 457 g/mol. The summed E-state index contributed by atoms with van der Waals surface area (Å²) in [5, 5.41) is 10.8. The molecule has 2 aromatic rings. The quantitative estimate of drug-likeness (QED) is 0.703. The molecule has 0 unspecified atom stereocenters. The first-order chi connectivity index (χ1) is 15.7. The molecule has 3 aliphatic rings. The molecule has 3 fully saturated rings. The molecule has 5 rings (SSSR count). The Bertz CT molecular complexity index is 937. The van der Waals surface area contributed by atoms with Crippen LogP contribution in [-0.2, 0) is 11.3 Å². The number of anilines is 2. The Morgan fingerprint density at radius 1 is 1.09 bits per heavy atom. The molecule has 0 atom stereocenters. The Balaban J connectivity index is 1.34. The van der Waals surface area contributed by atoms with Gasteiger partial charge in [0.1, 0.15) is 10.7 Å². The number of nitrogens with zero attached hydrogens (tertiary/aromatic N) is 5. The van der Waals surface area contributed by atoms with Crippen molar-refractivity contribution in [1.82, 2.24) is 15.0 Å². The van der Waals surface area contributed by atoms with Gasteiger partial charge in [0.15, 0.2) is 17.4 Å². The predicted octanol–water partition coefficient (Wildman–Crippen LogP) is 3.13. The summed E-state index contributed by atoms with van der Waals surface area (Å²) in [7, 11) is 1.69. The minimum Gasteiger partial charge on any atom is -0.492 e. The Morgan fingerprint density at radius 3 is 2.56 bits per heavy atom. The van der Waals surface area contributed by atoms with Gasteiger partial charge in [-0.1, -0.05) is 11.8 Å². The highest BCUT2D eigenvalue weighted by molar-refractivity contribution is 7.99. The maximum absolute atomic E-state index is 10.0. The Hall–Kier alpha value is -2.10. The molecule has 0 aromatic carbocycles. The number of pyridine rings is 1. The Morgan fingerprint density at radius 2 is 1.88 bits per heavy atom. The lowest BCUT2D eigenvalue weighted by Gasteiger charge is -2.39. The molecule has 0 radical (unpaired) electrons. The van der Waals surface area contributed by atoms with Gasteiger partial charge < -0.3 is 24.4 Å². The first kappa shape index (κ1) is 21.7. The summed E-state index contributed by atoms with van der Waals surface area (Å²) in [5.41, 5.74) is 0.964. The first-order valence-corrected chi connectivity index (χ1v) is 12.3. The van der Waals surface area contributed by atoms with Gasteiger partial charge in [-0.05, 0) is 43.6 Å². The average molecular weight is 458 g/mol. The lowest BCUT2D eigenvalue weighted by atomic mass is 9.78. The minimum atomic E-state index is -0.131. The van der Waals surface area contributed by atoms with Crippen molar-refractivity contribution in [2.24, 2.45) is 5.41 Å². The first-order valence-electron chi connectivity index (χ1n) is 11.5. The van der Waals surface area contributed by atoms with E-state index in [1.54, 1.807) is 13.3 Å². The minimum absolute atomic E-state index is 0.131. The van der Waals surface area contributed by atoms with Crippen LogP contribution in [0.4, 0.5) is 11.6 Å². The fourth-order valence-electron chi connectivity index (χ4n) is 5.02. The van der Waals surface area contributed by atoms with Gasteiger partial charge in [0.25, 0.3) is 0 Å². The summed E-state index contributed by atoms with van der Waals surface area (Å²) < 4.78 is 11.4. The zero-order valence-electron chi connectivity index (χ0n) is 18.6. The van der Waals surface area contributed by atoms with Gasteiger partial charge in [-0.25, -0.2) is 15.0 Å². The normalized spacial score (nSPS) is 20.3. The zero-order chi connectivity index (χ0) is 22.0. The number of aliphatic hydroxyl groups excluding tert-OH is 1. The van der Waals surface area contributed by atoms with Crippen LogP contribution in [0.25, 0.3) is 0 Å². The summed E-state index contributed by atoms with van der Waals surface area (Å²) in [6.07, 6.45) is 9.34. The molecule has 0 bridgehead atoms. The molecule has 172 valence electrons. The summed E-state index contributed by atoms with van der Waals surface area (Å²) >= 11 is 1.50. The molecule has 32 heavy (non-hydrogen) atoms. The van der Waals surface area contributed by atoms with Crippen molar-refractivity contribution in [2.75, 3.05) is 56.3 Å². The van der Waals surface area contributed by atoms with E-state index in [0.717, 1.165) is 86.0 Å². The van der Waals surface area contributed by atoms with E-state index in [1.165, 1.54) is 24.6 Å². The topological polar surface area (TPSA) is 83.8 Å². The van der Waals surface area contributed by atoms with Crippen molar-refractivity contribution >= 4 is 23.4 Å². The van der Waals surface area contributed by atoms with E-state index in [2.05, 4.69) is 14.8 Å². The van der Waals surface area contributed by atoms with Crippen molar-refractivity contribution in [1.29, 1.82) is 0 Å². The third-order valence-corrected chi connectivity index (χ3v) is 7.88. The van der Waals surface area contributed by atoms with Crippen LogP contribution in [0.5, 0.6) is 5.75 Å². The molecule has 3 saturated heterocycles. The Labute approximate surface area is 193 Å². The molecule has 1 spiro atoms. The maximum Gasteiger partial charge on any atom is 0.175 e. The van der Waals surface area contributed by atoms with E-state index in [-0.39, 0.29) is 6.61 Å². The van der Waals surface area contributed by atoms with Gasteiger partial charge in [0.2, 0.25) is 0 Å². The van der Waals surface area contributed by atoms with Crippen LogP contribution in [0.1, 0.15) is 37.8 Å². The number of piperidine rings is 1. The molecular formula is C23H31N5O3S. The number of aromatic nitrogens is 3. The van der Waals surface area contributed by atoms with Crippen LogP contribution in [0.2, 0.25) is 0 Å². The fraction of sp³-hybridized carbons (Fsp3) is 0.609. The molecule has 0 amide bonds.